The fourth-order valence-corrected chi connectivity index (χ4v) is 1.63. The number of likely N-dealkylation sites (N-methyl/N-ethyl adjacent to an activating group) is 2. The number of ether oxygens (including phenoxy) is 1. The van der Waals surface area contributed by atoms with Crippen molar-refractivity contribution >= 4 is 5.97 Å². The molecule has 0 aliphatic heterocycles. The number of nitrogens with zero attached hydrogens (tertiary/aromatic N) is 1. The molecule has 0 bridgehead atoms. The molecular formula is C13H28N2O3. The van der Waals surface area contributed by atoms with Crippen molar-refractivity contribution in [2.75, 3.05) is 33.3 Å². The normalized spacial score (nSPS) is 15.1. The maximum atomic E-state index is 11.2. The summed E-state index contributed by atoms with van der Waals surface area (Å²) in [5.41, 5.74) is -0.845. The molecule has 5 heteroatoms. The van der Waals surface area contributed by atoms with E-state index in [2.05, 4.69) is 10.2 Å². The van der Waals surface area contributed by atoms with Crippen LogP contribution in [0.1, 0.15) is 34.1 Å². The van der Waals surface area contributed by atoms with Gasteiger partial charge in [-0.05, 0) is 40.8 Å². The van der Waals surface area contributed by atoms with Crippen molar-refractivity contribution < 1.29 is 14.6 Å². The molecule has 1 atom stereocenters. The summed E-state index contributed by atoms with van der Waals surface area (Å²) in [5, 5.41) is 12.3. The molecule has 0 fully saturated rings. The molecule has 0 aromatic rings. The second-order valence-corrected chi connectivity index (χ2v) is 5.14. The summed E-state index contributed by atoms with van der Waals surface area (Å²) in [7, 11) is 1.98. The van der Waals surface area contributed by atoms with Crippen LogP contribution in [0.25, 0.3) is 0 Å². The third-order valence-electron chi connectivity index (χ3n) is 2.96. The Morgan fingerprint density at radius 1 is 1.44 bits per heavy atom. The highest BCUT2D eigenvalue weighted by Crippen LogP contribution is 2.10. The molecule has 0 rings (SSSR count). The second kappa shape index (κ2) is 8.45. The van der Waals surface area contributed by atoms with Crippen LogP contribution in [0.15, 0.2) is 0 Å². The van der Waals surface area contributed by atoms with Gasteiger partial charge in [0.05, 0.1) is 12.7 Å². The summed E-state index contributed by atoms with van der Waals surface area (Å²) in [6.07, 6.45) is 0.818. The van der Waals surface area contributed by atoms with Crippen molar-refractivity contribution in [3.05, 3.63) is 0 Å². The van der Waals surface area contributed by atoms with Gasteiger partial charge in [0.1, 0.15) is 5.54 Å². The van der Waals surface area contributed by atoms with Crippen LogP contribution in [-0.2, 0) is 9.53 Å². The number of hydrogen-bond donors (Lipinski definition) is 2. The van der Waals surface area contributed by atoms with Crippen molar-refractivity contribution in [1.29, 1.82) is 0 Å². The lowest BCUT2D eigenvalue weighted by atomic mass is 9.97. The lowest BCUT2D eigenvalue weighted by Crippen LogP contribution is -2.51. The van der Waals surface area contributed by atoms with Gasteiger partial charge in [-0.2, -0.15) is 0 Å². The SMILES string of the molecule is CCNC(C)(CCN(C)CCOC(C)C)C(=O)O. The van der Waals surface area contributed by atoms with Crippen molar-refractivity contribution in [2.45, 2.75) is 45.8 Å². The molecule has 0 amide bonds. The van der Waals surface area contributed by atoms with Gasteiger partial charge < -0.3 is 20.1 Å². The molecule has 0 saturated carbocycles. The molecule has 0 aromatic carbocycles. The van der Waals surface area contributed by atoms with E-state index in [1.54, 1.807) is 6.92 Å². The Morgan fingerprint density at radius 3 is 2.50 bits per heavy atom. The first-order valence-corrected chi connectivity index (χ1v) is 6.60. The van der Waals surface area contributed by atoms with Gasteiger partial charge in [-0.3, -0.25) is 4.79 Å². The van der Waals surface area contributed by atoms with Gasteiger partial charge in [-0.1, -0.05) is 6.92 Å². The summed E-state index contributed by atoms with van der Waals surface area (Å²) in [6.45, 7) is 10.6. The molecule has 0 saturated heterocycles. The average molecular weight is 260 g/mol. The largest absolute Gasteiger partial charge is 0.480 e. The Labute approximate surface area is 110 Å². The van der Waals surface area contributed by atoms with E-state index in [1.165, 1.54) is 0 Å². The third kappa shape index (κ3) is 6.93. The molecule has 108 valence electrons. The van der Waals surface area contributed by atoms with Crippen LogP contribution in [-0.4, -0.2) is 60.9 Å². The maximum Gasteiger partial charge on any atom is 0.323 e. The zero-order chi connectivity index (χ0) is 14.2. The summed E-state index contributed by atoms with van der Waals surface area (Å²) in [5.74, 6) is -0.795. The van der Waals surface area contributed by atoms with Gasteiger partial charge in [0.2, 0.25) is 0 Å². The van der Waals surface area contributed by atoms with Crippen LogP contribution in [0.3, 0.4) is 0 Å². The lowest BCUT2D eigenvalue weighted by Gasteiger charge is -2.28. The molecule has 5 nitrogen and oxygen atoms in total. The molecule has 0 aromatic heterocycles. The second-order valence-electron chi connectivity index (χ2n) is 5.14. The topological polar surface area (TPSA) is 61.8 Å². The Morgan fingerprint density at radius 2 is 2.06 bits per heavy atom. The third-order valence-corrected chi connectivity index (χ3v) is 2.96. The van der Waals surface area contributed by atoms with E-state index < -0.39 is 11.5 Å². The van der Waals surface area contributed by atoms with Gasteiger partial charge in [0, 0.05) is 13.1 Å². The van der Waals surface area contributed by atoms with Crippen molar-refractivity contribution in [3.8, 4) is 0 Å². The average Bonchev–Trinajstić information content (AvgIpc) is 2.26. The Bertz CT molecular complexity index is 246. The monoisotopic (exact) mass is 260 g/mol. The summed E-state index contributed by atoms with van der Waals surface area (Å²) >= 11 is 0. The molecule has 18 heavy (non-hydrogen) atoms. The highest BCUT2D eigenvalue weighted by Gasteiger charge is 2.31. The number of hydrogen-bond acceptors (Lipinski definition) is 4. The quantitative estimate of drug-likeness (QED) is 0.618. The molecule has 0 radical (unpaired) electrons. The highest BCUT2D eigenvalue weighted by molar-refractivity contribution is 5.78. The standard InChI is InChI=1S/C13H28N2O3/c1-6-14-13(4,12(16)17)7-8-15(5)9-10-18-11(2)3/h11,14H,6-10H2,1-5H3,(H,16,17). The van der Waals surface area contributed by atoms with Crippen molar-refractivity contribution in [1.82, 2.24) is 10.2 Å². The first-order chi connectivity index (χ1) is 8.31. The van der Waals surface area contributed by atoms with E-state index in [0.29, 0.717) is 19.6 Å². The van der Waals surface area contributed by atoms with Gasteiger partial charge in [-0.15, -0.1) is 0 Å². The maximum absolute atomic E-state index is 11.2. The number of carboxylic acid groups (broad SMARTS) is 1. The zero-order valence-electron chi connectivity index (χ0n) is 12.3. The van der Waals surface area contributed by atoms with E-state index in [-0.39, 0.29) is 6.10 Å². The Kier molecular flexibility index (Phi) is 8.15. The molecule has 0 aliphatic rings. The minimum absolute atomic E-state index is 0.240. The molecule has 0 heterocycles. The van der Waals surface area contributed by atoms with E-state index in [9.17, 15) is 9.90 Å². The fourth-order valence-electron chi connectivity index (χ4n) is 1.63. The summed E-state index contributed by atoms with van der Waals surface area (Å²) < 4.78 is 5.47. The lowest BCUT2D eigenvalue weighted by molar-refractivity contribution is -0.144. The van der Waals surface area contributed by atoms with Crippen molar-refractivity contribution in [2.24, 2.45) is 0 Å². The summed E-state index contributed by atoms with van der Waals surface area (Å²) in [4.78, 5) is 13.3. The van der Waals surface area contributed by atoms with E-state index in [4.69, 9.17) is 4.74 Å². The Balaban J connectivity index is 4.00. The van der Waals surface area contributed by atoms with E-state index in [1.807, 2.05) is 27.8 Å². The van der Waals surface area contributed by atoms with Crippen LogP contribution in [0.2, 0.25) is 0 Å². The fraction of sp³-hybridized carbons (Fsp3) is 0.923. The van der Waals surface area contributed by atoms with E-state index in [0.717, 1.165) is 13.1 Å². The zero-order valence-corrected chi connectivity index (χ0v) is 12.3. The number of rotatable bonds is 10. The Hall–Kier alpha value is -0.650. The van der Waals surface area contributed by atoms with Crippen LogP contribution < -0.4 is 5.32 Å². The van der Waals surface area contributed by atoms with Gasteiger partial charge in [-0.25, -0.2) is 0 Å². The van der Waals surface area contributed by atoms with Crippen LogP contribution in [0, 0.1) is 0 Å². The smallest absolute Gasteiger partial charge is 0.323 e. The first-order valence-electron chi connectivity index (χ1n) is 6.60. The highest BCUT2D eigenvalue weighted by atomic mass is 16.5. The molecular weight excluding hydrogens is 232 g/mol. The van der Waals surface area contributed by atoms with Crippen LogP contribution in [0.5, 0.6) is 0 Å². The van der Waals surface area contributed by atoms with Gasteiger partial charge in [0.15, 0.2) is 0 Å². The van der Waals surface area contributed by atoms with Crippen molar-refractivity contribution in [3.63, 3.8) is 0 Å². The number of aliphatic carboxylic acids is 1. The minimum Gasteiger partial charge on any atom is -0.480 e. The first kappa shape index (κ1) is 17.4. The molecule has 0 aliphatic carbocycles. The predicted octanol–water partition coefficient (Wildman–Crippen LogP) is 1.19. The van der Waals surface area contributed by atoms with Gasteiger partial charge in [0.25, 0.3) is 0 Å². The number of carbonyl (C=O) groups is 1. The van der Waals surface area contributed by atoms with Crippen LogP contribution in [0.4, 0.5) is 0 Å². The minimum atomic E-state index is -0.845. The van der Waals surface area contributed by atoms with E-state index >= 15 is 0 Å². The van der Waals surface area contributed by atoms with Gasteiger partial charge >= 0.3 is 5.97 Å². The molecule has 2 N–H and O–H groups in total. The molecule has 0 spiro atoms. The molecule has 1 unspecified atom stereocenters. The number of carboxylic acids is 1. The number of nitrogens with one attached hydrogen (secondary N) is 1. The predicted molar refractivity (Wildman–Crippen MR) is 72.9 cm³/mol. The summed E-state index contributed by atoms with van der Waals surface area (Å²) in [6, 6.07) is 0. The van der Waals surface area contributed by atoms with Crippen LogP contribution >= 0.6 is 0 Å².